The fraction of sp³-hybridized carbons (Fsp3) is 0.238. The number of rotatable bonds is 7. The van der Waals surface area contributed by atoms with Crippen molar-refractivity contribution in [3.05, 3.63) is 65.7 Å². The first-order valence-electron chi connectivity index (χ1n) is 9.58. The van der Waals surface area contributed by atoms with Gasteiger partial charge in [-0.2, -0.15) is 0 Å². The van der Waals surface area contributed by atoms with E-state index in [2.05, 4.69) is 20.8 Å². The second kappa shape index (κ2) is 9.17. The van der Waals surface area contributed by atoms with Gasteiger partial charge in [-0.25, -0.2) is 9.18 Å². The van der Waals surface area contributed by atoms with Crippen LogP contribution in [0.1, 0.15) is 17.8 Å². The van der Waals surface area contributed by atoms with Crippen LogP contribution in [0, 0.1) is 5.82 Å². The van der Waals surface area contributed by atoms with E-state index < -0.39 is 12.1 Å². The van der Waals surface area contributed by atoms with Crippen molar-refractivity contribution in [2.75, 3.05) is 7.11 Å². The number of carbonyl (C=O) groups is 2. The van der Waals surface area contributed by atoms with Gasteiger partial charge in [0.1, 0.15) is 17.4 Å². The van der Waals surface area contributed by atoms with Gasteiger partial charge in [-0.15, -0.1) is 10.2 Å². The topological polar surface area (TPSA) is 98.1 Å². The number of nitrogens with zero attached hydrogens (tertiary/aromatic N) is 3. The van der Waals surface area contributed by atoms with Crippen molar-refractivity contribution < 1.29 is 18.7 Å². The Hall–Kier alpha value is -3.40. The van der Waals surface area contributed by atoms with Crippen molar-refractivity contribution in [2.24, 2.45) is 0 Å². The van der Waals surface area contributed by atoms with Gasteiger partial charge in [0.25, 0.3) is 0 Å². The van der Waals surface area contributed by atoms with Gasteiger partial charge in [-0.1, -0.05) is 30.0 Å². The molecule has 1 saturated heterocycles. The second-order valence-electron chi connectivity index (χ2n) is 6.98. The maximum atomic E-state index is 13.5. The quantitative estimate of drug-likeness (QED) is 0.547. The molecule has 3 aromatic rings. The molecule has 10 heteroatoms. The predicted octanol–water partition coefficient (Wildman–Crippen LogP) is 2.85. The lowest BCUT2D eigenvalue weighted by Crippen LogP contribution is -2.53. The van der Waals surface area contributed by atoms with Gasteiger partial charge in [0.2, 0.25) is 5.91 Å². The van der Waals surface area contributed by atoms with E-state index in [1.807, 2.05) is 34.9 Å². The predicted molar refractivity (Wildman–Crippen MR) is 113 cm³/mol. The summed E-state index contributed by atoms with van der Waals surface area (Å²) in [6, 6.07) is 12.9. The van der Waals surface area contributed by atoms with Crippen LogP contribution in [0.5, 0.6) is 5.75 Å². The van der Waals surface area contributed by atoms with Gasteiger partial charge in [0.05, 0.1) is 12.8 Å². The molecule has 2 aromatic carbocycles. The van der Waals surface area contributed by atoms with E-state index in [9.17, 15) is 14.0 Å². The van der Waals surface area contributed by atoms with E-state index in [1.165, 1.54) is 23.9 Å². The standard InChI is InChI=1S/C21H20FN5O3S/c1-30-17-7-3-6-16(11-17)27-18(9-15-10-19(28)24-20(29)23-15)25-26-21(27)31-12-13-4-2-5-14(22)8-13/h2-8,11,15H,9-10,12H2,1H3,(H2,23,24,28,29). The highest BCUT2D eigenvalue weighted by Crippen LogP contribution is 2.28. The van der Waals surface area contributed by atoms with Gasteiger partial charge >= 0.3 is 6.03 Å². The largest absolute Gasteiger partial charge is 0.497 e. The van der Waals surface area contributed by atoms with Crippen LogP contribution >= 0.6 is 11.8 Å². The summed E-state index contributed by atoms with van der Waals surface area (Å²) >= 11 is 1.42. The number of aromatic nitrogens is 3. The van der Waals surface area contributed by atoms with Crippen LogP contribution < -0.4 is 15.4 Å². The maximum absolute atomic E-state index is 13.5. The highest BCUT2D eigenvalue weighted by atomic mass is 32.2. The van der Waals surface area contributed by atoms with Crippen molar-refractivity contribution in [2.45, 2.75) is 29.8 Å². The molecule has 0 spiro atoms. The maximum Gasteiger partial charge on any atom is 0.321 e. The third kappa shape index (κ3) is 5.02. The Morgan fingerprint density at radius 2 is 2.03 bits per heavy atom. The number of carbonyl (C=O) groups excluding carboxylic acids is 2. The normalized spacial score (nSPS) is 16.0. The first-order chi connectivity index (χ1) is 15.0. The van der Waals surface area contributed by atoms with Crippen molar-refractivity contribution in [3.63, 3.8) is 0 Å². The Balaban J connectivity index is 1.64. The van der Waals surface area contributed by atoms with Gasteiger partial charge in [-0.3, -0.25) is 14.7 Å². The fourth-order valence-electron chi connectivity index (χ4n) is 3.33. The van der Waals surface area contributed by atoms with Crippen LogP contribution in [0.15, 0.2) is 53.7 Å². The summed E-state index contributed by atoms with van der Waals surface area (Å²) in [6.07, 6.45) is 0.479. The number of halogens is 1. The molecule has 160 valence electrons. The molecule has 4 rings (SSSR count). The summed E-state index contributed by atoms with van der Waals surface area (Å²) in [5, 5.41) is 14.2. The number of thioether (sulfide) groups is 1. The molecule has 0 bridgehead atoms. The van der Waals surface area contributed by atoms with Gasteiger partial charge in [-0.05, 0) is 29.8 Å². The number of benzene rings is 2. The van der Waals surface area contributed by atoms with Crippen LogP contribution in [0.3, 0.4) is 0 Å². The van der Waals surface area contributed by atoms with E-state index in [1.54, 1.807) is 13.2 Å². The number of nitrogens with one attached hydrogen (secondary N) is 2. The van der Waals surface area contributed by atoms with E-state index in [0.29, 0.717) is 28.9 Å². The minimum Gasteiger partial charge on any atom is -0.497 e. The van der Waals surface area contributed by atoms with Crippen molar-refractivity contribution in [1.29, 1.82) is 0 Å². The molecule has 1 aliphatic rings. The van der Waals surface area contributed by atoms with E-state index in [-0.39, 0.29) is 18.1 Å². The van der Waals surface area contributed by atoms with Gasteiger partial charge < -0.3 is 10.1 Å². The lowest BCUT2D eigenvalue weighted by molar-refractivity contribution is -0.121. The number of urea groups is 1. The molecule has 8 nitrogen and oxygen atoms in total. The van der Waals surface area contributed by atoms with Crippen molar-refractivity contribution in [3.8, 4) is 11.4 Å². The minimum atomic E-state index is -0.519. The highest BCUT2D eigenvalue weighted by Gasteiger charge is 2.27. The van der Waals surface area contributed by atoms with Crippen LogP contribution in [-0.4, -0.2) is 39.9 Å². The summed E-state index contributed by atoms with van der Waals surface area (Å²) in [5.74, 6) is 1.14. The molecule has 1 atom stereocenters. The lowest BCUT2D eigenvalue weighted by atomic mass is 10.1. The second-order valence-corrected chi connectivity index (χ2v) is 7.92. The fourth-order valence-corrected chi connectivity index (χ4v) is 4.24. The van der Waals surface area contributed by atoms with Crippen LogP contribution in [-0.2, 0) is 17.0 Å². The van der Waals surface area contributed by atoms with Crippen LogP contribution in [0.25, 0.3) is 5.69 Å². The highest BCUT2D eigenvalue weighted by molar-refractivity contribution is 7.98. The SMILES string of the molecule is COc1cccc(-n2c(CC3CC(=O)NC(=O)N3)nnc2SCc2cccc(F)c2)c1. The number of amides is 3. The Bertz CT molecular complexity index is 1100. The summed E-state index contributed by atoms with van der Waals surface area (Å²) < 4.78 is 20.7. The van der Waals surface area contributed by atoms with E-state index in [0.717, 1.165) is 11.3 Å². The molecule has 0 radical (unpaired) electrons. The lowest BCUT2D eigenvalue weighted by Gasteiger charge is -2.23. The Morgan fingerprint density at radius 1 is 1.19 bits per heavy atom. The molecule has 1 unspecified atom stereocenters. The van der Waals surface area contributed by atoms with Crippen molar-refractivity contribution >= 4 is 23.7 Å². The third-order valence-corrected chi connectivity index (χ3v) is 5.72. The zero-order chi connectivity index (χ0) is 21.8. The molecule has 31 heavy (non-hydrogen) atoms. The molecule has 1 aromatic heterocycles. The van der Waals surface area contributed by atoms with E-state index in [4.69, 9.17) is 4.74 Å². The number of hydrogen-bond acceptors (Lipinski definition) is 6. The molecule has 1 aliphatic heterocycles. The molecule has 1 fully saturated rings. The van der Waals surface area contributed by atoms with Crippen molar-refractivity contribution in [1.82, 2.24) is 25.4 Å². The van der Waals surface area contributed by atoms with E-state index >= 15 is 0 Å². The van der Waals surface area contributed by atoms with Crippen LogP contribution in [0.4, 0.5) is 9.18 Å². The zero-order valence-electron chi connectivity index (χ0n) is 16.7. The average Bonchev–Trinajstić information content (AvgIpc) is 3.14. The Labute approximate surface area is 182 Å². The monoisotopic (exact) mass is 441 g/mol. The molecular weight excluding hydrogens is 421 g/mol. The molecular formula is C21H20FN5O3S. The van der Waals surface area contributed by atoms with Gasteiger partial charge in [0.15, 0.2) is 5.16 Å². The zero-order valence-corrected chi connectivity index (χ0v) is 17.5. The first kappa shape index (κ1) is 20.9. The number of imide groups is 1. The summed E-state index contributed by atoms with van der Waals surface area (Å²) in [4.78, 5) is 23.4. The third-order valence-electron chi connectivity index (χ3n) is 4.72. The molecule has 2 N–H and O–H groups in total. The average molecular weight is 441 g/mol. The minimum absolute atomic E-state index is 0.155. The molecule has 3 amide bonds. The Morgan fingerprint density at radius 3 is 2.81 bits per heavy atom. The summed E-state index contributed by atoms with van der Waals surface area (Å²) in [7, 11) is 1.59. The summed E-state index contributed by atoms with van der Waals surface area (Å²) in [6.45, 7) is 0. The number of ether oxygens (including phenoxy) is 1. The summed E-state index contributed by atoms with van der Waals surface area (Å²) in [5.41, 5.74) is 1.61. The van der Waals surface area contributed by atoms with Gasteiger partial charge in [0, 0.05) is 30.7 Å². The molecule has 0 aliphatic carbocycles. The number of hydrogen-bond donors (Lipinski definition) is 2. The number of methoxy groups -OCH3 is 1. The Kier molecular flexibility index (Phi) is 6.17. The van der Waals surface area contributed by atoms with Crippen LogP contribution in [0.2, 0.25) is 0 Å². The molecule has 0 saturated carbocycles. The molecule has 2 heterocycles. The smallest absolute Gasteiger partial charge is 0.321 e. The first-order valence-corrected chi connectivity index (χ1v) is 10.6.